The van der Waals surface area contributed by atoms with Crippen molar-refractivity contribution in [1.82, 2.24) is 5.32 Å². The van der Waals surface area contributed by atoms with Crippen LogP contribution in [0.25, 0.3) is 0 Å². The molecule has 0 saturated heterocycles. The number of amides is 1. The maximum Gasteiger partial charge on any atom is 0.305 e. The zero-order valence-electron chi connectivity index (χ0n) is 39.2. The zero-order chi connectivity index (χ0) is 43.0. The molecule has 0 aliphatic heterocycles. The highest BCUT2D eigenvalue weighted by Gasteiger charge is 2.20. The average molecular weight is 830 g/mol. The molecule has 3 N–H and O–H groups in total. The van der Waals surface area contributed by atoms with E-state index in [2.05, 4.69) is 55.6 Å². The normalized spacial score (nSPS) is 12.9. The Balaban J connectivity index is 3.47. The number of carbonyl (C=O) groups is 2. The standard InChI is InChI=1S/C53H99NO5/c1-3-5-7-9-11-13-14-15-24-27-31-35-39-43-47-53(58)59-48-44-40-36-32-28-25-22-20-18-16-17-19-21-23-26-30-34-38-42-46-52(57)54-50(49-55)51(56)45-41-37-33-29-12-10-8-6-4-2/h14-15,20,22,25,28,50-51,55-56H,3-13,16-19,21,23-24,26-27,29-49H2,1-2H3,(H,54,57)/b15-14-,22-20-,28-25-. The molecule has 0 spiro atoms. The van der Waals surface area contributed by atoms with E-state index in [4.69, 9.17) is 4.74 Å². The van der Waals surface area contributed by atoms with E-state index in [0.717, 1.165) is 70.6 Å². The van der Waals surface area contributed by atoms with Crippen LogP contribution in [0.3, 0.4) is 0 Å². The number of unbranched alkanes of at least 4 members (excludes halogenated alkanes) is 31. The van der Waals surface area contributed by atoms with Gasteiger partial charge in [0.2, 0.25) is 5.91 Å². The van der Waals surface area contributed by atoms with Crippen molar-refractivity contribution in [3.63, 3.8) is 0 Å². The maximum absolute atomic E-state index is 12.4. The predicted molar refractivity (Wildman–Crippen MR) is 255 cm³/mol. The molecule has 0 aromatic carbocycles. The highest BCUT2D eigenvalue weighted by molar-refractivity contribution is 5.76. The molecule has 0 rings (SSSR count). The summed E-state index contributed by atoms with van der Waals surface area (Å²) in [5, 5.41) is 23.1. The Labute approximate surface area is 366 Å². The fraction of sp³-hybridized carbons (Fsp3) is 0.849. The summed E-state index contributed by atoms with van der Waals surface area (Å²) in [5.74, 6) is -0.0711. The third-order valence-corrected chi connectivity index (χ3v) is 11.7. The summed E-state index contributed by atoms with van der Waals surface area (Å²) < 4.78 is 5.44. The van der Waals surface area contributed by atoms with Gasteiger partial charge in [0.1, 0.15) is 0 Å². The lowest BCUT2D eigenvalue weighted by molar-refractivity contribution is -0.143. The van der Waals surface area contributed by atoms with Crippen LogP contribution in [0.4, 0.5) is 0 Å². The second-order valence-corrected chi connectivity index (χ2v) is 17.5. The maximum atomic E-state index is 12.4. The quantitative estimate of drug-likeness (QED) is 0.0246. The molecule has 0 fully saturated rings. The van der Waals surface area contributed by atoms with E-state index < -0.39 is 12.1 Å². The molecule has 0 aromatic rings. The van der Waals surface area contributed by atoms with Crippen LogP contribution in [0.1, 0.15) is 264 Å². The van der Waals surface area contributed by atoms with E-state index in [1.54, 1.807) is 0 Å². The lowest BCUT2D eigenvalue weighted by atomic mass is 10.0. The summed E-state index contributed by atoms with van der Waals surface area (Å²) in [4.78, 5) is 24.4. The van der Waals surface area contributed by atoms with E-state index in [1.165, 1.54) is 161 Å². The molecule has 6 heteroatoms. The summed E-state index contributed by atoms with van der Waals surface area (Å²) in [6.45, 7) is 4.87. The first-order valence-electron chi connectivity index (χ1n) is 25.8. The van der Waals surface area contributed by atoms with Crippen molar-refractivity contribution in [3.8, 4) is 0 Å². The van der Waals surface area contributed by atoms with Gasteiger partial charge in [-0.2, -0.15) is 0 Å². The molecule has 59 heavy (non-hydrogen) atoms. The van der Waals surface area contributed by atoms with Crippen LogP contribution in [0.5, 0.6) is 0 Å². The first kappa shape index (κ1) is 57.1. The van der Waals surface area contributed by atoms with E-state index in [-0.39, 0.29) is 18.5 Å². The Bertz CT molecular complexity index is 962. The average Bonchev–Trinajstić information content (AvgIpc) is 3.24. The van der Waals surface area contributed by atoms with Crippen LogP contribution in [0.2, 0.25) is 0 Å². The second kappa shape index (κ2) is 48.7. The Morgan fingerprint density at radius 3 is 1.31 bits per heavy atom. The molecule has 1 amide bonds. The van der Waals surface area contributed by atoms with Crippen LogP contribution < -0.4 is 5.32 Å². The predicted octanol–water partition coefficient (Wildman–Crippen LogP) is 15.3. The lowest BCUT2D eigenvalue weighted by Gasteiger charge is -2.22. The minimum Gasteiger partial charge on any atom is -0.466 e. The molecule has 0 aliphatic rings. The number of nitrogens with one attached hydrogen (secondary N) is 1. The molecule has 6 nitrogen and oxygen atoms in total. The van der Waals surface area contributed by atoms with Gasteiger partial charge < -0.3 is 20.3 Å². The van der Waals surface area contributed by atoms with Crippen LogP contribution >= 0.6 is 0 Å². The Morgan fingerprint density at radius 2 is 0.847 bits per heavy atom. The number of aliphatic hydroxyl groups excluding tert-OH is 2. The van der Waals surface area contributed by atoms with Crippen molar-refractivity contribution in [1.29, 1.82) is 0 Å². The highest BCUT2D eigenvalue weighted by atomic mass is 16.5. The first-order chi connectivity index (χ1) is 29.0. The van der Waals surface area contributed by atoms with E-state index in [9.17, 15) is 19.8 Å². The molecule has 0 aliphatic carbocycles. The van der Waals surface area contributed by atoms with Crippen molar-refractivity contribution in [3.05, 3.63) is 36.5 Å². The molecule has 0 aromatic heterocycles. The van der Waals surface area contributed by atoms with E-state index in [1.807, 2.05) is 0 Å². The largest absolute Gasteiger partial charge is 0.466 e. The summed E-state index contributed by atoms with van der Waals surface area (Å²) in [5.41, 5.74) is 0. The van der Waals surface area contributed by atoms with Crippen LogP contribution in [-0.4, -0.2) is 47.4 Å². The minimum atomic E-state index is -0.669. The highest BCUT2D eigenvalue weighted by Crippen LogP contribution is 2.15. The van der Waals surface area contributed by atoms with Crippen molar-refractivity contribution >= 4 is 11.9 Å². The summed E-state index contributed by atoms with van der Waals surface area (Å²) in [6.07, 6.45) is 58.4. The molecule has 2 atom stereocenters. The van der Waals surface area contributed by atoms with Crippen molar-refractivity contribution in [2.24, 2.45) is 0 Å². The number of allylic oxidation sites excluding steroid dienone is 6. The third kappa shape index (κ3) is 45.4. The van der Waals surface area contributed by atoms with Crippen molar-refractivity contribution in [2.75, 3.05) is 13.2 Å². The monoisotopic (exact) mass is 830 g/mol. The number of carbonyl (C=O) groups excluding carboxylic acids is 2. The zero-order valence-corrected chi connectivity index (χ0v) is 39.2. The lowest BCUT2D eigenvalue weighted by Crippen LogP contribution is -2.45. The molecule has 0 radical (unpaired) electrons. The van der Waals surface area contributed by atoms with Gasteiger partial charge in [-0.3, -0.25) is 9.59 Å². The molecule has 0 bridgehead atoms. The Kier molecular flexibility index (Phi) is 47.2. The smallest absolute Gasteiger partial charge is 0.305 e. The molecule has 346 valence electrons. The first-order valence-corrected chi connectivity index (χ1v) is 25.8. The molecular formula is C53H99NO5. The van der Waals surface area contributed by atoms with Gasteiger partial charge in [0.15, 0.2) is 0 Å². The summed E-state index contributed by atoms with van der Waals surface area (Å²) >= 11 is 0. The number of hydrogen-bond donors (Lipinski definition) is 3. The van der Waals surface area contributed by atoms with Gasteiger partial charge in [0.25, 0.3) is 0 Å². The fourth-order valence-electron chi connectivity index (χ4n) is 7.68. The van der Waals surface area contributed by atoms with Crippen LogP contribution in [-0.2, 0) is 14.3 Å². The number of aliphatic hydroxyl groups is 2. The van der Waals surface area contributed by atoms with Gasteiger partial charge in [-0.1, -0.05) is 204 Å². The number of ether oxygens (including phenoxy) is 1. The van der Waals surface area contributed by atoms with Gasteiger partial charge in [0, 0.05) is 12.8 Å². The molecule has 2 unspecified atom stereocenters. The number of hydrogen-bond acceptors (Lipinski definition) is 5. The van der Waals surface area contributed by atoms with Gasteiger partial charge in [-0.05, 0) is 83.5 Å². The van der Waals surface area contributed by atoms with Crippen molar-refractivity contribution < 1.29 is 24.5 Å². The summed E-state index contributed by atoms with van der Waals surface area (Å²) in [6, 6.07) is -0.547. The minimum absolute atomic E-state index is 0.0227. The second-order valence-electron chi connectivity index (χ2n) is 17.5. The van der Waals surface area contributed by atoms with E-state index >= 15 is 0 Å². The number of rotatable bonds is 47. The van der Waals surface area contributed by atoms with Crippen molar-refractivity contribution in [2.45, 2.75) is 276 Å². The molecule has 0 saturated carbocycles. The third-order valence-electron chi connectivity index (χ3n) is 11.7. The van der Waals surface area contributed by atoms with Gasteiger partial charge in [0.05, 0.1) is 25.4 Å². The van der Waals surface area contributed by atoms with Gasteiger partial charge in [-0.25, -0.2) is 0 Å². The number of esters is 1. The fourth-order valence-corrected chi connectivity index (χ4v) is 7.68. The summed E-state index contributed by atoms with van der Waals surface area (Å²) in [7, 11) is 0. The van der Waals surface area contributed by atoms with Gasteiger partial charge in [-0.15, -0.1) is 0 Å². The van der Waals surface area contributed by atoms with Gasteiger partial charge >= 0.3 is 5.97 Å². The molecular weight excluding hydrogens is 731 g/mol. The van der Waals surface area contributed by atoms with E-state index in [0.29, 0.717) is 25.9 Å². The van der Waals surface area contributed by atoms with Crippen LogP contribution in [0, 0.1) is 0 Å². The SMILES string of the molecule is CCCCCCC/C=C\CCCCCCCC(=O)OCCCCC/C=C\C=C/CCCCCCCCCCCCC(=O)NC(CO)C(O)CCCCCCCCCCC. The Hall–Kier alpha value is -1.92. The topological polar surface area (TPSA) is 95.9 Å². The molecule has 0 heterocycles. The Morgan fingerprint density at radius 1 is 0.475 bits per heavy atom. The van der Waals surface area contributed by atoms with Crippen LogP contribution in [0.15, 0.2) is 36.5 Å².